The first-order valence-electron chi connectivity index (χ1n) is 6.41. The Morgan fingerprint density at radius 1 is 1.40 bits per heavy atom. The molecule has 1 N–H and O–H groups in total. The number of aliphatic imine (C=N–C) groups is 1. The molecule has 2 rings (SSSR count). The molecule has 0 amide bonds. The Kier molecular flexibility index (Phi) is 4.47. The molecule has 106 valence electrons. The van der Waals surface area contributed by atoms with Gasteiger partial charge in [0.15, 0.2) is 0 Å². The molecule has 0 saturated carbocycles. The number of nitrogens with one attached hydrogen (secondary N) is 1. The molecule has 6 heteroatoms. The molecule has 0 aliphatic rings. The van der Waals surface area contributed by atoms with Crippen molar-refractivity contribution in [2.24, 2.45) is 4.99 Å². The Balaban J connectivity index is 2.29. The number of hydrogen-bond donors (Lipinski definition) is 1. The first kappa shape index (κ1) is 14.2. The fourth-order valence-corrected chi connectivity index (χ4v) is 1.85. The van der Waals surface area contributed by atoms with Crippen LogP contribution in [-0.4, -0.2) is 18.2 Å². The van der Waals surface area contributed by atoms with Crippen LogP contribution in [0.1, 0.15) is 23.7 Å². The molecule has 1 heterocycles. The molecule has 0 aliphatic carbocycles. The van der Waals surface area contributed by atoms with Crippen LogP contribution >= 0.6 is 0 Å². The Labute approximate surface area is 117 Å². The summed E-state index contributed by atoms with van der Waals surface area (Å²) in [5.41, 5.74) is 3.07. The fraction of sp³-hybridized carbons (Fsp3) is 0.357. The fourth-order valence-electron chi connectivity index (χ4n) is 1.85. The summed E-state index contributed by atoms with van der Waals surface area (Å²) in [6.45, 7) is 4.54. The second-order valence-corrected chi connectivity index (χ2v) is 4.63. The summed E-state index contributed by atoms with van der Waals surface area (Å²) in [5.74, 6) is -0.0417. The number of rotatable bonds is 5. The van der Waals surface area contributed by atoms with E-state index < -0.39 is 0 Å². The van der Waals surface area contributed by atoms with Crippen molar-refractivity contribution in [3.05, 3.63) is 41.1 Å². The molecule has 0 bridgehead atoms. The van der Waals surface area contributed by atoms with Crippen LogP contribution in [0.25, 0.3) is 0 Å². The van der Waals surface area contributed by atoms with E-state index in [2.05, 4.69) is 27.7 Å². The Morgan fingerprint density at radius 2 is 2.10 bits per heavy atom. The molecular weight excluding hydrogens is 256 g/mol. The lowest BCUT2D eigenvalue weighted by molar-refractivity contribution is -0.760. The van der Waals surface area contributed by atoms with E-state index in [4.69, 9.17) is 4.52 Å². The van der Waals surface area contributed by atoms with E-state index >= 15 is 0 Å². The van der Waals surface area contributed by atoms with Crippen molar-refractivity contribution in [2.45, 2.75) is 26.9 Å². The molecule has 20 heavy (non-hydrogen) atoms. The molecule has 6 nitrogen and oxygen atoms in total. The van der Waals surface area contributed by atoms with Crippen molar-refractivity contribution in [2.75, 3.05) is 7.05 Å². The summed E-state index contributed by atoms with van der Waals surface area (Å²) in [6.07, 6.45) is 0. The van der Waals surface area contributed by atoms with Crippen molar-refractivity contribution >= 4 is 11.8 Å². The molecule has 2 aromatic rings. The van der Waals surface area contributed by atoms with Gasteiger partial charge < -0.3 is 10.4 Å². The second kappa shape index (κ2) is 6.29. The first-order chi connectivity index (χ1) is 9.60. The van der Waals surface area contributed by atoms with Crippen molar-refractivity contribution in [3.63, 3.8) is 0 Å². The molecule has 1 aromatic heterocycles. The molecular formula is C14H18N4O2. The van der Waals surface area contributed by atoms with Gasteiger partial charge in [0.25, 0.3) is 5.69 Å². The van der Waals surface area contributed by atoms with Crippen molar-refractivity contribution in [1.29, 1.82) is 0 Å². The lowest BCUT2D eigenvalue weighted by atomic mass is 10.1. The van der Waals surface area contributed by atoms with Crippen LogP contribution in [0.2, 0.25) is 0 Å². The third-order valence-electron chi connectivity index (χ3n) is 2.84. The zero-order valence-electron chi connectivity index (χ0n) is 11.9. The smallest absolute Gasteiger partial charge is 0.325 e. The van der Waals surface area contributed by atoms with Crippen LogP contribution in [0.4, 0.5) is 5.88 Å². The molecule has 1 aromatic carbocycles. The Hall–Kier alpha value is -2.21. The molecule has 0 atom stereocenters. The lowest BCUT2D eigenvalue weighted by Gasteiger charge is -1.99. The van der Waals surface area contributed by atoms with Gasteiger partial charge in [0, 0.05) is 5.56 Å². The molecule has 0 fully saturated rings. The lowest BCUT2D eigenvalue weighted by Crippen LogP contribution is -2.41. The normalized spacial score (nSPS) is 11.8. The SMILES string of the molecule is CNCc1c(/N=C(/C)[O-])on[n+]1Cc1ccc(C)cc1. The van der Waals surface area contributed by atoms with Crippen molar-refractivity contribution in [1.82, 2.24) is 10.6 Å². The van der Waals surface area contributed by atoms with E-state index in [0.29, 0.717) is 13.1 Å². The summed E-state index contributed by atoms with van der Waals surface area (Å²) in [5, 5.41) is 18.1. The maximum absolute atomic E-state index is 11.1. The van der Waals surface area contributed by atoms with Gasteiger partial charge in [-0.1, -0.05) is 29.8 Å². The summed E-state index contributed by atoms with van der Waals surface area (Å²) in [7, 11) is 1.82. The third kappa shape index (κ3) is 3.42. The maximum atomic E-state index is 11.1. The van der Waals surface area contributed by atoms with E-state index in [9.17, 15) is 5.11 Å². The van der Waals surface area contributed by atoms with Gasteiger partial charge in [0.1, 0.15) is 0 Å². The topological polar surface area (TPSA) is 77.4 Å². The molecule has 0 spiro atoms. The van der Waals surface area contributed by atoms with E-state index in [1.807, 2.05) is 26.1 Å². The average Bonchev–Trinajstić information content (AvgIpc) is 2.75. The van der Waals surface area contributed by atoms with E-state index in [1.165, 1.54) is 12.5 Å². The maximum Gasteiger partial charge on any atom is 0.325 e. The monoisotopic (exact) mass is 274 g/mol. The number of aromatic nitrogens is 2. The molecule has 0 radical (unpaired) electrons. The van der Waals surface area contributed by atoms with Gasteiger partial charge in [0.05, 0.1) is 6.54 Å². The van der Waals surface area contributed by atoms with Crippen LogP contribution in [0.15, 0.2) is 33.8 Å². The zero-order chi connectivity index (χ0) is 14.5. The van der Waals surface area contributed by atoms with E-state index in [-0.39, 0.29) is 11.8 Å². The highest BCUT2D eigenvalue weighted by Crippen LogP contribution is 2.15. The van der Waals surface area contributed by atoms with Gasteiger partial charge in [-0.15, -0.1) is 0 Å². The highest BCUT2D eigenvalue weighted by atomic mass is 16.5. The predicted octanol–water partition coefficient (Wildman–Crippen LogP) is 0.448. The summed E-state index contributed by atoms with van der Waals surface area (Å²) < 4.78 is 6.85. The van der Waals surface area contributed by atoms with Crippen LogP contribution in [-0.2, 0) is 13.1 Å². The van der Waals surface area contributed by atoms with Crippen LogP contribution in [0.3, 0.4) is 0 Å². The molecule has 0 aliphatic heterocycles. The summed E-state index contributed by atoms with van der Waals surface area (Å²) >= 11 is 0. The van der Waals surface area contributed by atoms with Gasteiger partial charge in [-0.25, -0.2) is 4.99 Å². The Bertz CT molecular complexity index is 598. The van der Waals surface area contributed by atoms with Crippen LogP contribution in [0, 0.1) is 6.92 Å². The largest absolute Gasteiger partial charge is 0.862 e. The minimum atomic E-state index is -0.305. The first-order valence-corrected chi connectivity index (χ1v) is 6.41. The van der Waals surface area contributed by atoms with Crippen molar-refractivity contribution in [3.8, 4) is 0 Å². The minimum Gasteiger partial charge on any atom is -0.862 e. The quantitative estimate of drug-likeness (QED) is 0.488. The predicted molar refractivity (Wildman–Crippen MR) is 72.5 cm³/mol. The highest BCUT2D eigenvalue weighted by molar-refractivity contribution is 5.71. The van der Waals surface area contributed by atoms with E-state index in [1.54, 1.807) is 4.68 Å². The van der Waals surface area contributed by atoms with Gasteiger partial charge in [-0.2, -0.15) is 0 Å². The Morgan fingerprint density at radius 3 is 2.70 bits per heavy atom. The van der Waals surface area contributed by atoms with Crippen LogP contribution < -0.4 is 15.1 Å². The number of benzene rings is 1. The highest BCUT2D eigenvalue weighted by Gasteiger charge is 2.23. The van der Waals surface area contributed by atoms with Crippen molar-refractivity contribution < 1.29 is 14.3 Å². The number of hydrogen-bond acceptors (Lipinski definition) is 5. The second-order valence-electron chi connectivity index (χ2n) is 4.63. The minimum absolute atomic E-state index is 0.263. The standard InChI is InChI=1S/C14H18N4O2/c1-10-4-6-12(7-5-10)9-18-13(8-15-3)14(20-17-18)16-11(2)19/h4-7,15H,8-9H2,1-3H3. The molecule has 0 saturated heterocycles. The summed E-state index contributed by atoms with van der Waals surface area (Å²) in [4.78, 5) is 3.83. The number of aryl methyl sites for hydroxylation is 1. The van der Waals surface area contributed by atoms with Gasteiger partial charge in [-0.3, -0.25) is 4.52 Å². The van der Waals surface area contributed by atoms with Crippen LogP contribution in [0.5, 0.6) is 0 Å². The number of nitrogens with zero attached hydrogens (tertiary/aromatic N) is 3. The average molecular weight is 274 g/mol. The van der Waals surface area contributed by atoms with Gasteiger partial charge in [-0.05, 0) is 31.5 Å². The molecule has 0 unspecified atom stereocenters. The van der Waals surface area contributed by atoms with E-state index in [0.717, 1.165) is 11.3 Å². The van der Waals surface area contributed by atoms with Gasteiger partial charge >= 0.3 is 5.88 Å². The third-order valence-corrected chi connectivity index (χ3v) is 2.84. The zero-order valence-corrected chi connectivity index (χ0v) is 11.9. The van der Waals surface area contributed by atoms with Gasteiger partial charge in [0.2, 0.25) is 11.8 Å². The summed E-state index contributed by atoms with van der Waals surface area (Å²) in [6, 6.07) is 8.19.